The molecule has 0 saturated carbocycles. The summed E-state index contributed by atoms with van der Waals surface area (Å²) in [5, 5.41) is 1.12. The number of Topliss-reactive ketones (excluding diaryl/α,β-unsaturated/α-hetero) is 1. The number of ketones is 1. The van der Waals surface area contributed by atoms with Gasteiger partial charge in [-0.2, -0.15) is 0 Å². The van der Waals surface area contributed by atoms with Crippen molar-refractivity contribution in [2.24, 2.45) is 0 Å². The standard InChI is InChI=1S/C15H18N2OS/c1-9-7-12-13(5-4-6-14(12)18)17(9)11(3)15-16-8-10(2)19-15/h7-8,11H,4-6H2,1-3H3. The maximum atomic E-state index is 12.0. The molecule has 0 saturated heterocycles. The minimum absolute atomic E-state index is 0.216. The second kappa shape index (κ2) is 4.60. The van der Waals surface area contributed by atoms with Gasteiger partial charge in [-0.15, -0.1) is 11.3 Å². The average Bonchev–Trinajstić information content (AvgIpc) is 2.93. The minimum atomic E-state index is 0.216. The first-order valence-electron chi connectivity index (χ1n) is 6.74. The number of thiazole rings is 1. The molecule has 1 aliphatic rings. The van der Waals surface area contributed by atoms with E-state index in [9.17, 15) is 4.79 Å². The maximum absolute atomic E-state index is 12.0. The van der Waals surface area contributed by atoms with Gasteiger partial charge in [0.05, 0.1) is 6.04 Å². The highest BCUT2D eigenvalue weighted by atomic mass is 32.1. The lowest BCUT2D eigenvalue weighted by Gasteiger charge is -2.20. The van der Waals surface area contributed by atoms with Gasteiger partial charge in [-0.25, -0.2) is 4.98 Å². The molecule has 2 aromatic rings. The summed E-state index contributed by atoms with van der Waals surface area (Å²) in [6, 6.07) is 2.27. The Kier molecular flexibility index (Phi) is 3.05. The van der Waals surface area contributed by atoms with E-state index < -0.39 is 0 Å². The average molecular weight is 274 g/mol. The van der Waals surface area contributed by atoms with E-state index in [2.05, 4.69) is 30.3 Å². The van der Waals surface area contributed by atoms with Crippen molar-refractivity contribution in [1.29, 1.82) is 0 Å². The largest absolute Gasteiger partial charge is 0.339 e. The molecule has 1 atom stereocenters. The van der Waals surface area contributed by atoms with Crippen LogP contribution in [0.1, 0.15) is 57.4 Å². The first-order chi connectivity index (χ1) is 9.08. The Bertz CT molecular complexity index is 639. The van der Waals surface area contributed by atoms with Gasteiger partial charge in [0, 0.05) is 34.4 Å². The molecule has 3 nitrogen and oxygen atoms in total. The molecule has 0 spiro atoms. The van der Waals surface area contributed by atoms with E-state index >= 15 is 0 Å². The van der Waals surface area contributed by atoms with Crippen molar-refractivity contribution in [2.45, 2.75) is 46.1 Å². The van der Waals surface area contributed by atoms with E-state index in [1.807, 2.05) is 12.3 Å². The highest BCUT2D eigenvalue weighted by Crippen LogP contribution is 2.31. The third-order valence-electron chi connectivity index (χ3n) is 3.84. The molecular weight excluding hydrogens is 256 g/mol. The lowest BCUT2D eigenvalue weighted by molar-refractivity contribution is 0.0971. The van der Waals surface area contributed by atoms with Crippen LogP contribution in [0.3, 0.4) is 0 Å². The smallest absolute Gasteiger partial charge is 0.164 e. The maximum Gasteiger partial charge on any atom is 0.164 e. The summed E-state index contributed by atoms with van der Waals surface area (Å²) in [6.45, 7) is 6.34. The summed E-state index contributed by atoms with van der Waals surface area (Å²) < 4.78 is 2.30. The van der Waals surface area contributed by atoms with Crippen molar-refractivity contribution in [3.63, 3.8) is 0 Å². The Hall–Kier alpha value is -1.42. The molecule has 19 heavy (non-hydrogen) atoms. The van der Waals surface area contributed by atoms with Crippen LogP contribution in [0.5, 0.6) is 0 Å². The normalized spacial score (nSPS) is 16.5. The van der Waals surface area contributed by atoms with Gasteiger partial charge in [-0.1, -0.05) is 0 Å². The SMILES string of the molecule is Cc1cnc(C(C)n2c(C)cc3c2CCCC3=O)s1. The van der Waals surface area contributed by atoms with Gasteiger partial charge in [0.2, 0.25) is 0 Å². The summed E-state index contributed by atoms with van der Waals surface area (Å²) in [5.41, 5.74) is 3.30. The number of nitrogens with zero attached hydrogens (tertiary/aromatic N) is 2. The monoisotopic (exact) mass is 274 g/mol. The Morgan fingerprint density at radius 3 is 2.84 bits per heavy atom. The molecule has 0 radical (unpaired) electrons. The molecule has 0 bridgehead atoms. The van der Waals surface area contributed by atoms with Gasteiger partial charge >= 0.3 is 0 Å². The van der Waals surface area contributed by atoms with E-state index in [1.165, 1.54) is 16.3 Å². The van der Waals surface area contributed by atoms with E-state index in [0.717, 1.165) is 23.4 Å². The van der Waals surface area contributed by atoms with E-state index in [4.69, 9.17) is 0 Å². The molecule has 1 aliphatic carbocycles. The first kappa shape index (κ1) is 12.6. The summed E-state index contributed by atoms with van der Waals surface area (Å²) in [5.74, 6) is 0.297. The molecule has 3 rings (SSSR count). The molecule has 0 aliphatic heterocycles. The summed E-state index contributed by atoms with van der Waals surface area (Å²) in [4.78, 5) is 17.7. The number of aryl methyl sites for hydroxylation is 2. The zero-order chi connectivity index (χ0) is 13.6. The van der Waals surface area contributed by atoms with Crippen LogP contribution in [-0.4, -0.2) is 15.3 Å². The fraction of sp³-hybridized carbons (Fsp3) is 0.467. The summed E-state index contributed by atoms with van der Waals surface area (Å²) in [6.07, 6.45) is 4.59. The fourth-order valence-electron chi connectivity index (χ4n) is 2.97. The molecule has 0 aromatic carbocycles. The predicted molar refractivity (Wildman–Crippen MR) is 77.1 cm³/mol. The van der Waals surface area contributed by atoms with Gasteiger partial charge in [0.1, 0.15) is 5.01 Å². The van der Waals surface area contributed by atoms with Gasteiger partial charge in [-0.3, -0.25) is 4.79 Å². The van der Waals surface area contributed by atoms with Gasteiger partial charge in [0.25, 0.3) is 0 Å². The molecule has 100 valence electrons. The van der Waals surface area contributed by atoms with Crippen LogP contribution in [-0.2, 0) is 6.42 Å². The summed E-state index contributed by atoms with van der Waals surface area (Å²) >= 11 is 1.74. The number of hydrogen-bond donors (Lipinski definition) is 0. The molecule has 2 aromatic heterocycles. The molecular formula is C15H18N2OS. The number of fused-ring (bicyclic) bond motifs is 1. The third kappa shape index (κ3) is 2.04. The molecule has 2 heterocycles. The van der Waals surface area contributed by atoms with Gasteiger partial charge in [0.15, 0.2) is 5.78 Å². The molecule has 0 fully saturated rings. The highest BCUT2D eigenvalue weighted by molar-refractivity contribution is 7.11. The number of hydrogen-bond acceptors (Lipinski definition) is 3. The van der Waals surface area contributed by atoms with Gasteiger partial charge in [-0.05, 0) is 39.7 Å². The Morgan fingerprint density at radius 2 is 2.16 bits per heavy atom. The lowest BCUT2D eigenvalue weighted by atomic mass is 9.96. The molecule has 0 amide bonds. The Labute approximate surface area is 117 Å². The van der Waals surface area contributed by atoms with Crippen molar-refractivity contribution >= 4 is 17.1 Å². The van der Waals surface area contributed by atoms with Crippen LogP contribution in [0.2, 0.25) is 0 Å². The second-order valence-electron chi connectivity index (χ2n) is 5.28. The zero-order valence-corrected chi connectivity index (χ0v) is 12.4. The van der Waals surface area contributed by atoms with Gasteiger partial charge < -0.3 is 4.57 Å². The van der Waals surface area contributed by atoms with Crippen LogP contribution in [0, 0.1) is 13.8 Å². The van der Waals surface area contributed by atoms with E-state index in [0.29, 0.717) is 12.2 Å². The van der Waals surface area contributed by atoms with Crippen LogP contribution in [0.25, 0.3) is 0 Å². The van der Waals surface area contributed by atoms with Crippen molar-refractivity contribution in [1.82, 2.24) is 9.55 Å². The number of carbonyl (C=O) groups excluding carboxylic acids is 1. The van der Waals surface area contributed by atoms with Crippen molar-refractivity contribution in [3.8, 4) is 0 Å². The highest BCUT2D eigenvalue weighted by Gasteiger charge is 2.25. The van der Waals surface area contributed by atoms with E-state index in [1.54, 1.807) is 11.3 Å². The van der Waals surface area contributed by atoms with Crippen LogP contribution in [0.15, 0.2) is 12.3 Å². The number of rotatable bonds is 2. The van der Waals surface area contributed by atoms with Crippen molar-refractivity contribution in [2.75, 3.05) is 0 Å². The van der Waals surface area contributed by atoms with Crippen LogP contribution < -0.4 is 0 Å². The predicted octanol–water partition coefficient (Wildman–Crippen LogP) is 3.69. The van der Waals surface area contributed by atoms with Crippen molar-refractivity contribution in [3.05, 3.63) is 39.1 Å². The van der Waals surface area contributed by atoms with Crippen molar-refractivity contribution < 1.29 is 4.79 Å². The molecule has 1 unspecified atom stereocenters. The Morgan fingerprint density at radius 1 is 1.37 bits per heavy atom. The lowest BCUT2D eigenvalue weighted by Crippen LogP contribution is -2.16. The third-order valence-corrected chi connectivity index (χ3v) is 4.92. The number of carbonyl (C=O) groups is 1. The molecule has 4 heteroatoms. The second-order valence-corrected chi connectivity index (χ2v) is 6.54. The number of aromatic nitrogens is 2. The topological polar surface area (TPSA) is 34.9 Å². The Balaban J connectivity index is 2.08. The minimum Gasteiger partial charge on any atom is -0.339 e. The molecule has 0 N–H and O–H groups in total. The summed E-state index contributed by atoms with van der Waals surface area (Å²) in [7, 11) is 0. The zero-order valence-electron chi connectivity index (χ0n) is 11.6. The van der Waals surface area contributed by atoms with E-state index in [-0.39, 0.29) is 6.04 Å². The van der Waals surface area contributed by atoms with Crippen LogP contribution >= 0.6 is 11.3 Å². The van der Waals surface area contributed by atoms with Crippen LogP contribution in [0.4, 0.5) is 0 Å². The quantitative estimate of drug-likeness (QED) is 0.837. The first-order valence-corrected chi connectivity index (χ1v) is 7.56. The fourth-order valence-corrected chi connectivity index (χ4v) is 3.78.